The lowest BCUT2D eigenvalue weighted by atomic mass is 9.88. The van der Waals surface area contributed by atoms with E-state index in [1.807, 2.05) is 28.9 Å². The first-order valence-electron chi connectivity index (χ1n) is 9.11. The summed E-state index contributed by atoms with van der Waals surface area (Å²) in [6.07, 6.45) is 5.48. The van der Waals surface area contributed by atoms with Gasteiger partial charge in [-0.1, -0.05) is 61.5 Å². The summed E-state index contributed by atoms with van der Waals surface area (Å²) >= 11 is 0. The first-order valence-corrected chi connectivity index (χ1v) is 9.11. The van der Waals surface area contributed by atoms with Crippen LogP contribution in [0.1, 0.15) is 31.7 Å². The summed E-state index contributed by atoms with van der Waals surface area (Å²) < 4.78 is 2.00. The van der Waals surface area contributed by atoms with Gasteiger partial charge in [-0.05, 0) is 49.5 Å². The minimum Gasteiger partial charge on any atom is -0.213 e. The predicted octanol–water partition coefficient (Wildman–Crippen LogP) is 5.61. The average molecular weight is 341 g/mol. The van der Waals surface area contributed by atoms with Crippen LogP contribution in [0.2, 0.25) is 0 Å². The van der Waals surface area contributed by atoms with Gasteiger partial charge in [0.2, 0.25) is 0 Å². The normalized spacial score (nSPS) is 17.0. The van der Waals surface area contributed by atoms with Crippen molar-refractivity contribution in [2.24, 2.45) is 5.92 Å². The van der Waals surface area contributed by atoms with E-state index in [0.29, 0.717) is 5.92 Å². The van der Waals surface area contributed by atoms with E-state index in [1.165, 1.54) is 16.7 Å². The molecule has 0 fully saturated rings. The van der Waals surface area contributed by atoms with Gasteiger partial charge >= 0.3 is 0 Å². The van der Waals surface area contributed by atoms with Crippen LogP contribution in [0, 0.1) is 12.8 Å². The van der Waals surface area contributed by atoms with E-state index >= 15 is 0 Å². The smallest absolute Gasteiger partial charge is 0.182 e. The molecule has 3 nitrogen and oxygen atoms in total. The van der Waals surface area contributed by atoms with E-state index in [4.69, 9.17) is 10.1 Å². The molecule has 1 unspecified atom stereocenters. The third-order valence-corrected chi connectivity index (χ3v) is 5.01. The number of nitrogens with zero attached hydrogens (tertiary/aromatic N) is 3. The standard InChI is InChI=1S/C23H23N3/c1-16-10-7-8-15-20(16)22-24-23(21-17(2)11-9-12-18(21)3)26(25-22)19-13-5-4-6-14-19/h4-11,13-15,18H,12H2,1-3H3. The largest absolute Gasteiger partial charge is 0.213 e. The molecular weight excluding hydrogens is 318 g/mol. The van der Waals surface area contributed by atoms with Crippen LogP contribution >= 0.6 is 0 Å². The van der Waals surface area contributed by atoms with Crippen LogP contribution in [0.25, 0.3) is 22.6 Å². The predicted molar refractivity (Wildman–Crippen MR) is 107 cm³/mol. The van der Waals surface area contributed by atoms with Crippen LogP contribution in [0.4, 0.5) is 0 Å². The van der Waals surface area contributed by atoms with Crippen molar-refractivity contribution >= 4 is 5.57 Å². The molecule has 2 aromatic carbocycles. The molecule has 1 atom stereocenters. The Morgan fingerprint density at radius 3 is 2.42 bits per heavy atom. The highest BCUT2D eigenvalue weighted by Crippen LogP contribution is 2.34. The van der Waals surface area contributed by atoms with Crippen molar-refractivity contribution in [3.63, 3.8) is 0 Å². The van der Waals surface area contributed by atoms with Crippen LogP contribution in [0.3, 0.4) is 0 Å². The summed E-state index contributed by atoms with van der Waals surface area (Å²) in [5.74, 6) is 2.16. The molecule has 0 saturated heterocycles. The molecule has 1 aliphatic carbocycles. The van der Waals surface area contributed by atoms with Gasteiger partial charge in [0.15, 0.2) is 11.6 Å². The number of hydrogen-bond donors (Lipinski definition) is 0. The van der Waals surface area contributed by atoms with Crippen molar-refractivity contribution in [2.45, 2.75) is 27.2 Å². The van der Waals surface area contributed by atoms with Gasteiger partial charge in [-0.2, -0.15) is 0 Å². The molecule has 0 amide bonds. The second kappa shape index (κ2) is 6.75. The Bertz CT molecular complexity index is 993. The molecule has 0 N–H and O–H groups in total. The van der Waals surface area contributed by atoms with Crippen molar-refractivity contribution < 1.29 is 0 Å². The Morgan fingerprint density at radius 1 is 0.962 bits per heavy atom. The van der Waals surface area contributed by atoms with Gasteiger partial charge in [-0.15, -0.1) is 5.10 Å². The zero-order valence-corrected chi connectivity index (χ0v) is 15.5. The third kappa shape index (κ3) is 2.90. The molecule has 0 radical (unpaired) electrons. The lowest BCUT2D eigenvalue weighted by Gasteiger charge is -2.20. The number of hydrogen-bond acceptors (Lipinski definition) is 2. The van der Waals surface area contributed by atoms with Gasteiger partial charge in [-0.25, -0.2) is 9.67 Å². The van der Waals surface area contributed by atoms with E-state index in [0.717, 1.165) is 29.3 Å². The first kappa shape index (κ1) is 16.5. The van der Waals surface area contributed by atoms with Gasteiger partial charge < -0.3 is 0 Å². The van der Waals surface area contributed by atoms with Crippen LogP contribution in [-0.4, -0.2) is 14.8 Å². The number of aromatic nitrogens is 3. The molecule has 0 aliphatic heterocycles. The first-order chi connectivity index (χ1) is 12.6. The number of rotatable bonds is 3. The summed E-state index contributed by atoms with van der Waals surface area (Å²) in [7, 11) is 0. The Hall–Kier alpha value is -2.94. The molecular formula is C23H23N3. The lowest BCUT2D eigenvalue weighted by Crippen LogP contribution is -2.10. The quantitative estimate of drug-likeness (QED) is 0.620. The summed E-state index contributed by atoms with van der Waals surface area (Å²) in [4.78, 5) is 5.00. The summed E-state index contributed by atoms with van der Waals surface area (Å²) in [5.41, 5.74) is 5.86. The number of aryl methyl sites for hydroxylation is 1. The van der Waals surface area contributed by atoms with Crippen LogP contribution in [0.5, 0.6) is 0 Å². The fourth-order valence-corrected chi connectivity index (χ4v) is 3.62. The lowest BCUT2D eigenvalue weighted by molar-refractivity contribution is 0.730. The highest BCUT2D eigenvalue weighted by molar-refractivity contribution is 5.72. The minimum atomic E-state index is 0.427. The van der Waals surface area contributed by atoms with Gasteiger partial charge in [0.05, 0.1) is 5.69 Å². The van der Waals surface area contributed by atoms with E-state index in [2.05, 4.69) is 63.3 Å². The van der Waals surface area contributed by atoms with E-state index < -0.39 is 0 Å². The monoisotopic (exact) mass is 341 g/mol. The van der Waals surface area contributed by atoms with E-state index in [1.54, 1.807) is 0 Å². The second-order valence-electron chi connectivity index (χ2n) is 6.96. The zero-order valence-electron chi connectivity index (χ0n) is 15.5. The van der Waals surface area contributed by atoms with Gasteiger partial charge in [-0.3, -0.25) is 0 Å². The zero-order chi connectivity index (χ0) is 18.1. The average Bonchev–Trinajstić information content (AvgIpc) is 3.07. The maximum atomic E-state index is 5.00. The molecule has 3 aromatic rings. The van der Waals surface area contributed by atoms with Crippen LogP contribution in [-0.2, 0) is 0 Å². The molecule has 26 heavy (non-hydrogen) atoms. The van der Waals surface area contributed by atoms with Crippen molar-refractivity contribution in [2.75, 3.05) is 0 Å². The summed E-state index contributed by atoms with van der Waals surface area (Å²) in [6, 6.07) is 18.6. The SMILES string of the molecule is CC1=C(c2nc(-c3ccccc3C)nn2-c2ccccc2)C(C)CC=C1. The Balaban J connectivity index is 1.95. The highest BCUT2D eigenvalue weighted by Gasteiger charge is 2.23. The van der Waals surface area contributed by atoms with Crippen LogP contribution in [0.15, 0.2) is 72.3 Å². The highest BCUT2D eigenvalue weighted by atomic mass is 15.4. The van der Waals surface area contributed by atoms with E-state index in [9.17, 15) is 0 Å². The van der Waals surface area contributed by atoms with Crippen molar-refractivity contribution in [3.05, 3.63) is 83.7 Å². The van der Waals surface area contributed by atoms with Crippen molar-refractivity contribution in [1.29, 1.82) is 0 Å². The molecule has 1 heterocycles. The number of allylic oxidation sites excluding steroid dienone is 4. The summed E-state index contributed by atoms with van der Waals surface area (Å²) in [6.45, 7) is 6.54. The Morgan fingerprint density at radius 2 is 1.69 bits per heavy atom. The van der Waals surface area contributed by atoms with E-state index in [-0.39, 0.29) is 0 Å². The minimum absolute atomic E-state index is 0.427. The maximum absolute atomic E-state index is 5.00. The molecule has 1 aliphatic rings. The molecule has 0 bridgehead atoms. The Labute approximate surface area is 154 Å². The molecule has 0 spiro atoms. The molecule has 1 aromatic heterocycles. The van der Waals surface area contributed by atoms with Crippen molar-refractivity contribution in [3.8, 4) is 17.1 Å². The topological polar surface area (TPSA) is 30.7 Å². The van der Waals surface area contributed by atoms with Crippen molar-refractivity contribution in [1.82, 2.24) is 14.8 Å². The fourth-order valence-electron chi connectivity index (χ4n) is 3.62. The fraction of sp³-hybridized carbons (Fsp3) is 0.217. The van der Waals surface area contributed by atoms with Gasteiger partial charge in [0, 0.05) is 11.1 Å². The molecule has 3 heteroatoms. The van der Waals surface area contributed by atoms with Crippen LogP contribution < -0.4 is 0 Å². The third-order valence-electron chi connectivity index (χ3n) is 5.01. The molecule has 4 rings (SSSR count). The maximum Gasteiger partial charge on any atom is 0.182 e. The van der Waals surface area contributed by atoms with Gasteiger partial charge in [0.1, 0.15) is 0 Å². The summed E-state index contributed by atoms with van der Waals surface area (Å²) in [5, 5.41) is 4.90. The number of para-hydroxylation sites is 1. The number of benzene rings is 2. The van der Waals surface area contributed by atoms with Gasteiger partial charge in [0.25, 0.3) is 0 Å². The second-order valence-corrected chi connectivity index (χ2v) is 6.96. The molecule has 0 saturated carbocycles. The Kier molecular flexibility index (Phi) is 4.29. The molecule has 130 valence electrons.